The smallest absolute Gasteiger partial charge is 1.00 e. The SMILES string of the molecule is CCCP.[Cl-].[Cl-].[Ni+2].c1ccc(-c2ccccc2)cc1. The van der Waals surface area contributed by atoms with Gasteiger partial charge >= 0.3 is 16.5 Å². The minimum Gasteiger partial charge on any atom is -1.00 e. The molecular weight excluding hydrogens is 341 g/mol. The van der Waals surface area contributed by atoms with E-state index >= 15 is 0 Å². The van der Waals surface area contributed by atoms with Crippen molar-refractivity contribution in [3.05, 3.63) is 60.7 Å². The molecule has 0 aliphatic rings. The van der Waals surface area contributed by atoms with E-state index in [4.69, 9.17) is 0 Å². The summed E-state index contributed by atoms with van der Waals surface area (Å²) in [7, 11) is 2.66. The first kappa shape index (κ1) is 24.0. The van der Waals surface area contributed by atoms with Crippen LogP contribution in [-0.4, -0.2) is 6.16 Å². The molecule has 19 heavy (non-hydrogen) atoms. The van der Waals surface area contributed by atoms with E-state index in [0.717, 1.165) is 0 Å². The van der Waals surface area contributed by atoms with Gasteiger partial charge in [0.15, 0.2) is 0 Å². The molecule has 2 aromatic rings. The molecule has 108 valence electrons. The topological polar surface area (TPSA) is 0 Å². The summed E-state index contributed by atoms with van der Waals surface area (Å²) < 4.78 is 0. The first-order chi connectivity index (χ1) is 7.88. The molecule has 0 aliphatic carbocycles. The van der Waals surface area contributed by atoms with Gasteiger partial charge in [-0.3, -0.25) is 0 Å². The molecule has 0 aromatic heterocycles. The Labute approximate surface area is 141 Å². The van der Waals surface area contributed by atoms with E-state index in [1.807, 2.05) is 12.1 Å². The molecule has 0 N–H and O–H groups in total. The average Bonchev–Trinajstić information content (AvgIpc) is 2.41. The third-order valence-electron chi connectivity index (χ3n) is 2.17. The zero-order chi connectivity index (χ0) is 11.6. The van der Waals surface area contributed by atoms with Gasteiger partial charge in [-0.05, 0) is 17.3 Å². The second-order valence-corrected chi connectivity index (χ2v) is 4.10. The maximum absolute atomic E-state index is 2.66. The van der Waals surface area contributed by atoms with Crippen molar-refractivity contribution in [2.24, 2.45) is 0 Å². The van der Waals surface area contributed by atoms with Gasteiger partial charge in [-0.15, -0.1) is 9.24 Å². The molecule has 4 heteroatoms. The van der Waals surface area contributed by atoms with Crippen molar-refractivity contribution in [1.82, 2.24) is 0 Å². The normalized spacial score (nSPS) is 7.68. The fourth-order valence-electron chi connectivity index (χ4n) is 1.26. The molecule has 0 fully saturated rings. The molecule has 0 saturated heterocycles. The van der Waals surface area contributed by atoms with Crippen LogP contribution < -0.4 is 24.8 Å². The van der Waals surface area contributed by atoms with Crippen LogP contribution in [0.4, 0.5) is 0 Å². The number of hydrogen-bond donors (Lipinski definition) is 0. The van der Waals surface area contributed by atoms with E-state index in [2.05, 4.69) is 64.7 Å². The van der Waals surface area contributed by atoms with E-state index in [0.29, 0.717) is 0 Å². The summed E-state index contributed by atoms with van der Waals surface area (Å²) in [4.78, 5) is 0. The Morgan fingerprint density at radius 3 is 1.21 bits per heavy atom. The second kappa shape index (κ2) is 16.0. The van der Waals surface area contributed by atoms with Gasteiger partial charge in [-0.1, -0.05) is 74.0 Å². The van der Waals surface area contributed by atoms with Crippen LogP contribution in [0.15, 0.2) is 60.7 Å². The molecule has 0 radical (unpaired) electrons. The van der Waals surface area contributed by atoms with E-state index in [1.54, 1.807) is 0 Å². The molecule has 0 bridgehead atoms. The minimum absolute atomic E-state index is 0. The van der Waals surface area contributed by atoms with Crippen LogP contribution in [0.25, 0.3) is 11.1 Å². The maximum Gasteiger partial charge on any atom is 2.00 e. The van der Waals surface area contributed by atoms with Crippen molar-refractivity contribution in [1.29, 1.82) is 0 Å². The number of rotatable bonds is 2. The van der Waals surface area contributed by atoms with Gasteiger partial charge in [0, 0.05) is 0 Å². The molecule has 0 saturated carbocycles. The minimum atomic E-state index is 0. The third kappa shape index (κ3) is 10.4. The molecule has 2 aromatic carbocycles. The summed E-state index contributed by atoms with van der Waals surface area (Å²) in [6, 6.07) is 20.8. The Balaban J connectivity index is -0.000000329. The summed E-state index contributed by atoms with van der Waals surface area (Å²) >= 11 is 0. The quantitative estimate of drug-likeness (QED) is 0.458. The molecule has 2 rings (SSSR count). The van der Waals surface area contributed by atoms with Crippen molar-refractivity contribution in [3.8, 4) is 11.1 Å². The summed E-state index contributed by atoms with van der Waals surface area (Å²) in [6.07, 6.45) is 2.52. The van der Waals surface area contributed by atoms with Crippen molar-refractivity contribution in [2.45, 2.75) is 13.3 Å². The molecule has 0 heterocycles. The van der Waals surface area contributed by atoms with Crippen molar-refractivity contribution in [3.63, 3.8) is 0 Å². The van der Waals surface area contributed by atoms with Crippen molar-refractivity contribution >= 4 is 9.24 Å². The molecule has 0 aliphatic heterocycles. The predicted octanol–water partition coefficient (Wildman–Crippen LogP) is -1.37. The number of halogens is 2. The standard InChI is InChI=1S/C12H10.C3H9P.2ClH.Ni/c1-3-7-11(8-4-1)12-9-5-2-6-10-12;1-2-3-4;;;/h1-10H;2-4H2,1H3;2*1H;/q;;;;+2/p-2. The molecule has 0 amide bonds. The zero-order valence-electron chi connectivity index (χ0n) is 10.8. The first-order valence-electron chi connectivity index (χ1n) is 5.69. The van der Waals surface area contributed by atoms with Gasteiger partial charge in [-0.2, -0.15) is 0 Å². The van der Waals surface area contributed by atoms with Crippen LogP contribution in [0.5, 0.6) is 0 Å². The number of hydrogen-bond acceptors (Lipinski definition) is 0. The summed E-state index contributed by atoms with van der Waals surface area (Å²) in [5.41, 5.74) is 2.55. The summed E-state index contributed by atoms with van der Waals surface area (Å²) in [6.45, 7) is 2.16. The summed E-state index contributed by atoms with van der Waals surface area (Å²) in [5.74, 6) is 0. The fraction of sp³-hybridized carbons (Fsp3) is 0.200. The van der Waals surface area contributed by atoms with Crippen molar-refractivity contribution in [2.75, 3.05) is 6.16 Å². The van der Waals surface area contributed by atoms with Gasteiger partial charge in [0.2, 0.25) is 0 Å². The Kier molecular flexibility index (Phi) is 20.2. The van der Waals surface area contributed by atoms with Gasteiger partial charge in [-0.25, -0.2) is 0 Å². The van der Waals surface area contributed by atoms with E-state index in [1.165, 1.54) is 23.7 Å². The number of benzene rings is 2. The van der Waals surface area contributed by atoms with E-state index in [9.17, 15) is 0 Å². The van der Waals surface area contributed by atoms with Crippen LogP contribution in [-0.2, 0) is 16.5 Å². The fourth-order valence-corrected chi connectivity index (χ4v) is 1.26. The molecule has 0 spiro atoms. The largest absolute Gasteiger partial charge is 2.00 e. The van der Waals surface area contributed by atoms with Crippen LogP contribution in [0.1, 0.15) is 13.3 Å². The van der Waals surface area contributed by atoms with E-state index in [-0.39, 0.29) is 41.3 Å². The Morgan fingerprint density at radius 1 is 0.737 bits per heavy atom. The Bertz CT molecular complexity index is 342. The molecule has 0 nitrogen and oxygen atoms in total. The monoisotopic (exact) mass is 358 g/mol. The average molecular weight is 360 g/mol. The van der Waals surface area contributed by atoms with Gasteiger partial charge in [0.1, 0.15) is 0 Å². The van der Waals surface area contributed by atoms with Crippen LogP contribution in [0, 0.1) is 0 Å². The predicted molar refractivity (Wildman–Crippen MR) is 76.7 cm³/mol. The van der Waals surface area contributed by atoms with Crippen LogP contribution >= 0.6 is 9.24 Å². The molecule has 1 atom stereocenters. The van der Waals surface area contributed by atoms with Crippen LogP contribution in [0.3, 0.4) is 0 Å². The Morgan fingerprint density at radius 2 is 1.00 bits per heavy atom. The first-order valence-corrected chi connectivity index (χ1v) is 6.50. The van der Waals surface area contributed by atoms with Crippen molar-refractivity contribution < 1.29 is 41.3 Å². The second-order valence-electron chi connectivity index (χ2n) is 3.52. The summed E-state index contributed by atoms with van der Waals surface area (Å²) in [5, 5.41) is 0. The molecule has 1 unspecified atom stereocenters. The van der Waals surface area contributed by atoms with E-state index < -0.39 is 0 Å². The van der Waals surface area contributed by atoms with Crippen LogP contribution in [0.2, 0.25) is 0 Å². The maximum atomic E-state index is 2.66. The third-order valence-corrected chi connectivity index (χ3v) is 2.75. The molecular formula is C15H19Cl2NiP. The van der Waals surface area contributed by atoms with Gasteiger partial charge in [0.05, 0.1) is 0 Å². The van der Waals surface area contributed by atoms with Gasteiger partial charge in [0.25, 0.3) is 0 Å². The van der Waals surface area contributed by atoms with Gasteiger partial charge < -0.3 is 24.8 Å². The Hall–Kier alpha value is -0.0565. The zero-order valence-corrected chi connectivity index (χ0v) is 14.5.